The summed E-state index contributed by atoms with van der Waals surface area (Å²) >= 11 is 1.31. The molecule has 0 spiro atoms. The first-order chi connectivity index (χ1) is 13.4. The molecular weight excluding hydrogens is 372 g/mol. The number of pyridine rings is 1. The fourth-order valence-electron chi connectivity index (χ4n) is 2.61. The van der Waals surface area contributed by atoms with Gasteiger partial charge in [0.2, 0.25) is 5.91 Å². The van der Waals surface area contributed by atoms with Crippen molar-refractivity contribution in [2.24, 2.45) is 5.92 Å². The lowest BCUT2D eigenvalue weighted by atomic mass is 10.1. The Morgan fingerprint density at radius 1 is 1.04 bits per heavy atom. The molecule has 3 rings (SSSR count). The Morgan fingerprint density at radius 2 is 1.71 bits per heavy atom. The van der Waals surface area contributed by atoms with E-state index in [0.717, 1.165) is 5.69 Å². The molecule has 0 aliphatic rings. The minimum absolute atomic E-state index is 0.0193. The molecule has 0 fully saturated rings. The summed E-state index contributed by atoms with van der Waals surface area (Å²) in [6.45, 7) is 5.81. The van der Waals surface area contributed by atoms with Crippen LogP contribution in [0.5, 0.6) is 0 Å². The number of carbonyl (C=O) groups excluding carboxylic acids is 2. The summed E-state index contributed by atoms with van der Waals surface area (Å²) < 4.78 is 0. The molecule has 7 heteroatoms. The number of hydrogen-bond donors (Lipinski definition) is 2. The number of rotatable bonds is 6. The fourth-order valence-corrected chi connectivity index (χ4v) is 3.55. The molecule has 0 radical (unpaired) electrons. The van der Waals surface area contributed by atoms with Crippen molar-refractivity contribution in [2.45, 2.75) is 27.2 Å². The second-order valence-electron chi connectivity index (χ2n) is 6.83. The molecule has 2 N–H and O–H groups in total. The van der Waals surface area contributed by atoms with Crippen LogP contribution in [0.4, 0.5) is 11.4 Å². The summed E-state index contributed by atoms with van der Waals surface area (Å²) in [5.74, 6) is 0.0695. The third-order valence-electron chi connectivity index (χ3n) is 3.91. The monoisotopic (exact) mass is 394 g/mol. The van der Waals surface area contributed by atoms with Crippen LogP contribution in [0.25, 0.3) is 10.7 Å². The molecule has 1 aromatic carbocycles. The van der Waals surface area contributed by atoms with E-state index < -0.39 is 0 Å². The smallest absolute Gasteiger partial charge is 0.267 e. The Bertz CT molecular complexity index is 966. The van der Waals surface area contributed by atoms with Crippen LogP contribution in [0.1, 0.15) is 35.6 Å². The molecule has 0 saturated heterocycles. The van der Waals surface area contributed by atoms with Gasteiger partial charge in [0, 0.05) is 24.0 Å². The number of hydrogen-bond acceptors (Lipinski definition) is 5. The first-order valence-corrected chi connectivity index (χ1v) is 9.84. The van der Waals surface area contributed by atoms with Crippen molar-refractivity contribution in [3.05, 3.63) is 59.2 Å². The lowest BCUT2D eigenvalue weighted by Gasteiger charge is -2.08. The van der Waals surface area contributed by atoms with Crippen LogP contribution >= 0.6 is 11.3 Å². The second-order valence-corrected chi connectivity index (χ2v) is 7.83. The summed E-state index contributed by atoms with van der Waals surface area (Å²) in [6.07, 6.45) is 2.18. The fraction of sp³-hybridized carbons (Fsp3) is 0.238. The lowest BCUT2D eigenvalue weighted by molar-refractivity contribution is -0.116. The van der Waals surface area contributed by atoms with Gasteiger partial charge in [0.25, 0.3) is 5.91 Å². The molecule has 6 nitrogen and oxygen atoms in total. The van der Waals surface area contributed by atoms with E-state index in [-0.39, 0.29) is 11.8 Å². The van der Waals surface area contributed by atoms with E-state index in [2.05, 4.69) is 20.6 Å². The highest BCUT2D eigenvalue weighted by Gasteiger charge is 2.17. The van der Waals surface area contributed by atoms with Gasteiger partial charge in [0.05, 0.1) is 11.4 Å². The average molecular weight is 395 g/mol. The Hall–Kier alpha value is -3.06. The Kier molecular flexibility index (Phi) is 6.16. The standard InChI is InChI=1S/C21H22N4O2S/c1-13(2)12-18(26)24-15-7-9-16(10-8-15)25-20(27)19-14(3)23-21(28-19)17-6-4-5-11-22-17/h4-11,13H,12H2,1-3H3,(H,24,26)(H,25,27). The maximum atomic E-state index is 12.6. The van der Waals surface area contributed by atoms with E-state index >= 15 is 0 Å². The van der Waals surface area contributed by atoms with E-state index in [1.54, 1.807) is 30.5 Å². The lowest BCUT2D eigenvalue weighted by Crippen LogP contribution is -2.14. The zero-order valence-electron chi connectivity index (χ0n) is 16.0. The van der Waals surface area contributed by atoms with Crippen molar-refractivity contribution in [1.82, 2.24) is 9.97 Å². The number of nitrogens with one attached hydrogen (secondary N) is 2. The molecule has 28 heavy (non-hydrogen) atoms. The van der Waals surface area contributed by atoms with Crippen LogP contribution in [-0.4, -0.2) is 21.8 Å². The zero-order valence-corrected chi connectivity index (χ0v) is 16.8. The second kappa shape index (κ2) is 8.75. The largest absolute Gasteiger partial charge is 0.326 e. The summed E-state index contributed by atoms with van der Waals surface area (Å²) in [6, 6.07) is 12.7. The third kappa shape index (κ3) is 5.01. The molecule has 2 amide bonds. The number of anilines is 2. The minimum atomic E-state index is -0.214. The first-order valence-electron chi connectivity index (χ1n) is 9.02. The van der Waals surface area contributed by atoms with Crippen molar-refractivity contribution in [3.8, 4) is 10.7 Å². The van der Waals surface area contributed by atoms with Gasteiger partial charge in [0.15, 0.2) is 0 Å². The highest BCUT2D eigenvalue weighted by Crippen LogP contribution is 2.27. The van der Waals surface area contributed by atoms with Gasteiger partial charge in [-0.2, -0.15) is 0 Å². The molecule has 0 unspecified atom stereocenters. The van der Waals surface area contributed by atoms with E-state index in [1.807, 2.05) is 39.0 Å². The van der Waals surface area contributed by atoms with Crippen molar-refractivity contribution < 1.29 is 9.59 Å². The molecule has 2 aromatic heterocycles. The third-order valence-corrected chi connectivity index (χ3v) is 5.09. The molecule has 0 saturated carbocycles. The molecular formula is C21H22N4O2S. The van der Waals surface area contributed by atoms with Crippen LogP contribution in [0.15, 0.2) is 48.7 Å². The van der Waals surface area contributed by atoms with Crippen molar-refractivity contribution in [3.63, 3.8) is 0 Å². The molecule has 2 heterocycles. The number of amides is 2. The minimum Gasteiger partial charge on any atom is -0.326 e. The van der Waals surface area contributed by atoms with Crippen LogP contribution in [0.2, 0.25) is 0 Å². The molecule has 144 valence electrons. The molecule has 3 aromatic rings. The Morgan fingerprint density at radius 3 is 2.32 bits per heavy atom. The van der Waals surface area contributed by atoms with E-state index in [9.17, 15) is 9.59 Å². The summed E-state index contributed by atoms with van der Waals surface area (Å²) in [4.78, 5) is 33.8. The summed E-state index contributed by atoms with van der Waals surface area (Å²) in [7, 11) is 0. The molecule has 0 bridgehead atoms. The quantitative estimate of drug-likeness (QED) is 0.632. The number of aromatic nitrogens is 2. The van der Waals surface area contributed by atoms with Crippen LogP contribution in [0, 0.1) is 12.8 Å². The van der Waals surface area contributed by atoms with E-state index in [4.69, 9.17) is 0 Å². The first kappa shape index (κ1) is 19.7. The average Bonchev–Trinajstić information content (AvgIpc) is 3.05. The van der Waals surface area contributed by atoms with Crippen LogP contribution in [0.3, 0.4) is 0 Å². The Labute approximate surface area is 168 Å². The molecule has 0 aliphatic carbocycles. The number of aryl methyl sites for hydroxylation is 1. The van der Waals surface area contributed by atoms with Gasteiger partial charge in [0.1, 0.15) is 9.88 Å². The normalized spacial score (nSPS) is 10.7. The van der Waals surface area contributed by atoms with Gasteiger partial charge in [-0.05, 0) is 49.2 Å². The Balaban J connectivity index is 1.67. The summed E-state index contributed by atoms with van der Waals surface area (Å²) in [5.41, 5.74) is 2.77. The van der Waals surface area contributed by atoms with Gasteiger partial charge in [-0.25, -0.2) is 4.98 Å². The highest BCUT2D eigenvalue weighted by atomic mass is 32.1. The maximum Gasteiger partial charge on any atom is 0.267 e. The maximum absolute atomic E-state index is 12.6. The number of thiazole rings is 1. The van der Waals surface area contributed by atoms with Crippen molar-refractivity contribution in [2.75, 3.05) is 10.6 Å². The highest BCUT2D eigenvalue weighted by molar-refractivity contribution is 7.17. The van der Waals surface area contributed by atoms with Gasteiger partial charge < -0.3 is 10.6 Å². The number of nitrogens with zero attached hydrogens (tertiary/aromatic N) is 2. The van der Waals surface area contributed by atoms with Gasteiger partial charge >= 0.3 is 0 Å². The zero-order chi connectivity index (χ0) is 20.1. The predicted molar refractivity (Wildman–Crippen MR) is 113 cm³/mol. The van der Waals surface area contributed by atoms with E-state index in [0.29, 0.717) is 39.3 Å². The molecule has 0 atom stereocenters. The van der Waals surface area contributed by atoms with Gasteiger partial charge in [-0.3, -0.25) is 14.6 Å². The van der Waals surface area contributed by atoms with Crippen molar-refractivity contribution in [1.29, 1.82) is 0 Å². The van der Waals surface area contributed by atoms with Crippen molar-refractivity contribution >= 4 is 34.5 Å². The molecule has 0 aliphatic heterocycles. The van der Waals surface area contributed by atoms with Crippen LogP contribution in [-0.2, 0) is 4.79 Å². The van der Waals surface area contributed by atoms with Crippen LogP contribution < -0.4 is 10.6 Å². The van der Waals surface area contributed by atoms with E-state index in [1.165, 1.54) is 11.3 Å². The van der Waals surface area contributed by atoms with Gasteiger partial charge in [-0.1, -0.05) is 19.9 Å². The SMILES string of the molecule is Cc1nc(-c2ccccn2)sc1C(=O)Nc1ccc(NC(=O)CC(C)C)cc1. The van der Waals surface area contributed by atoms with Gasteiger partial charge in [-0.15, -0.1) is 11.3 Å². The summed E-state index contributed by atoms with van der Waals surface area (Å²) in [5, 5.41) is 6.44. The number of carbonyl (C=O) groups is 2. The topological polar surface area (TPSA) is 84.0 Å². The predicted octanol–water partition coefficient (Wildman–Crippen LogP) is 4.75. The number of benzene rings is 1.